The van der Waals surface area contributed by atoms with Crippen LogP contribution in [0.2, 0.25) is 0 Å². The first-order valence-electron chi connectivity index (χ1n) is 3.82. The van der Waals surface area contributed by atoms with Gasteiger partial charge in [-0.3, -0.25) is 4.68 Å². The van der Waals surface area contributed by atoms with Crippen molar-refractivity contribution in [2.75, 3.05) is 11.5 Å². The molecule has 0 fully saturated rings. The molecule has 0 spiro atoms. The molecule has 0 aromatic carbocycles. The minimum atomic E-state index is 0.517. The summed E-state index contributed by atoms with van der Waals surface area (Å²) < 4.78 is 1.59. The van der Waals surface area contributed by atoms with Gasteiger partial charge in [-0.15, -0.1) is 11.3 Å². The molecule has 5 heteroatoms. The first-order chi connectivity index (χ1) is 6.20. The van der Waals surface area contributed by atoms with Crippen LogP contribution in [0.1, 0.15) is 0 Å². The standard InChI is InChI=1S/C8H10N4S/c1-12-8(10)6(9)7(11-12)5-3-2-4-13-5/h2-4H,9-10H2,1H3. The molecule has 68 valence electrons. The molecule has 2 rings (SSSR count). The Balaban J connectivity index is 2.59. The predicted molar refractivity (Wildman–Crippen MR) is 55.3 cm³/mol. The number of anilines is 2. The van der Waals surface area contributed by atoms with Gasteiger partial charge in [0.2, 0.25) is 0 Å². The Morgan fingerprint density at radius 2 is 2.23 bits per heavy atom. The molecule has 4 nitrogen and oxygen atoms in total. The highest BCUT2D eigenvalue weighted by Crippen LogP contribution is 2.31. The second kappa shape index (κ2) is 2.77. The first-order valence-corrected chi connectivity index (χ1v) is 4.70. The van der Waals surface area contributed by atoms with E-state index in [1.165, 1.54) is 0 Å². The summed E-state index contributed by atoms with van der Waals surface area (Å²) in [7, 11) is 1.78. The lowest BCUT2D eigenvalue weighted by atomic mass is 10.3. The maximum absolute atomic E-state index is 5.79. The molecule has 0 unspecified atom stereocenters. The van der Waals surface area contributed by atoms with Crippen molar-refractivity contribution < 1.29 is 0 Å². The molecule has 0 radical (unpaired) electrons. The van der Waals surface area contributed by atoms with Gasteiger partial charge in [0.25, 0.3) is 0 Å². The fraction of sp³-hybridized carbons (Fsp3) is 0.125. The zero-order valence-corrected chi connectivity index (χ0v) is 8.01. The smallest absolute Gasteiger partial charge is 0.145 e. The molecule has 2 aromatic rings. The average molecular weight is 194 g/mol. The third kappa shape index (κ3) is 1.17. The number of nitrogen functional groups attached to an aromatic ring is 2. The van der Waals surface area contributed by atoms with E-state index in [0.29, 0.717) is 11.5 Å². The second-order valence-electron chi connectivity index (χ2n) is 2.75. The fourth-order valence-electron chi connectivity index (χ4n) is 1.15. The van der Waals surface area contributed by atoms with E-state index in [2.05, 4.69) is 5.10 Å². The number of thiophene rings is 1. The van der Waals surface area contributed by atoms with Gasteiger partial charge in [-0.2, -0.15) is 5.10 Å². The van der Waals surface area contributed by atoms with Crippen LogP contribution in [0.25, 0.3) is 10.6 Å². The number of hydrogen-bond acceptors (Lipinski definition) is 4. The van der Waals surface area contributed by atoms with Crippen molar-refractivity contribution in [3.8, 4) is 10.6 Å². The molecule has 0 bridgehead atoms. The second-order valence-corrected chi connectivity index (χ2v) is 3.70. The Kier molecular flexibility index (Phi) is 1.73. The van der Waals surface area contributed by atoms with Crippen molar-refractivity contribution in [2.24, 2.45) is 7.05 Å². The molecule has 0 saturated heterocycles. The molecule has 2 heterocycles. The van der Waals surface area contributed by atoms with Crippen LogP contribution in [0.4, 0.5) is 11.5 Å². The van der Waals surface area contributed by atoms with Gasteiger partial charge in [0.1, 0.15) is 17.2 Å². The van der Waals surface area contributed by atoms with Crippen molar-refractivity contribution in [3.05, 3.63) is 17.5 Å². The van der Waals surface area contributed by atoms with E-state index >= 15 is 0 Å². The van der Waals surface area contributed by atoms with Crippen LogP contribution >= 0.6 is 11.3 Å². The number of nitrogens with two attached hydrogens (primary N) is 2. The molecule has 0 amide bonds. The van der Waals surface area contributed by atoms with Gasteiger partial charge in [0, 0.05) is 7.05 Å². The van der Waals surface area contributed by atoms with Gasteiger partial charge in [0.05, 0.1) is 4.88 Å². The van der Waals surface area contributed by atoms with Crippen LogP contribution in [0.5, 0.6) is 0 Å². The van der Waals surface area contributed by atoms with E-state index in [1.807, 2.05) is 17.5 Å². The Morgan fingerprint density at radius 3 is 2.69 bits per heavy atom. The SMILES string of the molecule is Cn1nc(-c2cccs2)c(N)c1N. The highest BCUT2D eigenvalue weighted by molar-refractivity contribution is 7.13. The number of nitrogens with zero attached hydrogens (tertiary/aromatic N) is 2. The van der Waals surface area contributed by atoms with Crippen LogP contribution in [0, 0.1) is 0 Å². The number of hydrogen-bond donors (Lipinski definition) is 2. The van der Waals surface area contributed by atoms with Gasteiger partial charge in [-0.25, -0.2) is 0 Å². The molecule has 2 aromatic heterocycles. The van der Waals surface area contributed by atoms with Crippen LogP contribution in [0.3, 0.4) is 0 Å². The first kappa shape index (κ1) is 8.12. The van der Waals surface area contributed by atoms with E-state index in [0.717, 1.165) is 10.6 Å². The Morgan fingerprint density at radius 1 is 1.46 bits per heavy atom. The average Bonchev–Trinajstić information content (AvgIpc) is 2.70. The highest BCUT2D eigenvalue weighted by Gasteiger charge is 2.12. The molecule has 4 N–H and O–H groups in total. The summed E-state index contributed by atoms with van der Waals surface area (Å²) >= 11 is 1.60. The monoisotopic (exact) mass is 194 g/mol. The summed E-state index contributed by atoms with van der Waals surface area (Å²) in [6.07, 6.45) is 0. The van der Waals surface area contributed by atoms with E-state index in [9.17, 15) is 0 Å². The fourth-order valence-corrected chi connectivity index (χ4v) is 1.87. The summed E-state index contributed by atoms with van der Waals surface area (Å²) in [6, 6.07) is 3.94. The molecule has 0 aliphatic heterocycles. The molecule has 13 heavy (non-hydrogen) atoms. The molecular weight excluding hydrogens is 184 g/mol. The topological polar surface area (TPSA) is 69.9 Å². The normalized spacial score (nSPS) is 10.5. The van der Waals surface area contributed by atoms with Crippen LogP contribution in [0.15, 0.2) is 17.5 Å². The van der Waals surface area contributed by atoms with E-state index in [-0.39, 0.29) is 0 Å². The predicted octanol–water partition coefficient (Wildman–Crippen LogP) is 1.31. The van der Waals surface area contributed by atoms with Crippen LogP contribution < -0.4 is 11.5 Å². The lowest BCUT2D eigenvalue weighted by Crippen LogP contribution is -1.98. The van der Waals surface area contributed by atoms with Crippen molar-refractivity contribution in [3.63, 3.8) is 0 Å². The lowest BCUT2D eigenvalue weighted by molar-refractivity contribution is 0.783. The maximum atomic E-state index is 5.79. The molecule has 0 aliphatic carbocycles. The number of aryl methyl sites for hydroxylation is 1. The van der Waals surface area contributed by atoms with Crippen molar-refractivity contribution in [1.82, 2.24) is 9.78 Å². The minimum Gasteiger partial charge on any atom is -0.394 e. The minimum absolute atomic E-state index is 0.517. The molecular formula is C8H10N4S. The van der Waals surface area contributed by atoms with Gasteiger partial charge in [-0.1, -0.05) is 6.07 Å². The quantitative estimate of drug-likeness (QED) is 0.719. The maximum Gasteiger partial charge on any atom is 0.145 e. The Hall–Kier alpha value is -1.49. The van der Waals surface area contributed by atoms with E-state index in [4.69, 9.17) is 11.5 Å². The van der Waals surface area contributed by atoms with Gasteiger partial charge in [0.15, 0.2) is 0 Å². The van der Waals surface area contributed by atoms with Gasteiger partial charge < -0.3 is 11.5 Å². The summed E-state index contributed by atoms with van der Waals surface area (Å²) in [5, 5.41) is 6.22. The van der Waals surface area contributed by atoms with E-state index < -0.39 is 0 Å². The lowest BCUT2D eigenvalue weighted by Gasteiger charge is -1.92. The Labute approximate surface area is 79.8 Å². The summed E-state index contributed by atoms with van der Waals surface area (Å²) in [6.45, 7) is 0. The largest absolute Gasteiger partial charge is 0.394 e. The van der Waals surface area contributed by atoms with Crippen molar-refractivity contribution in [1.29, 1.82) is 0 Å². The molecule has 0 saturated carbocycles. The Bertz CT molecular complexity index is 416. The highest BCUT2D eigenvalue weighted by atomic mass is 32.1. The van der Waals surface area contributed by atoms with Crippen molar-refractivity contribution in [2.45, 2.75) is 0 Å². The summed E-state index contributed by atoms with van der Waals surface area (Å²) in [5.41, 5.74) is 12.8. The number of aromatic nitrogens is 2. The molecule has 0 atom stereocenters. The summed E-state index contributed by atoms with van der Waals surface area (Å²) in [5.74, 6) is 0.517. The third-order valence-corrected chi connectivity index (χ3v) is 2.76. The number of rotatable bonds is 1. The van der Waals surface area contributed by atoms with Crippen LogP contribution in [-0.4, -0.2) is 9.78 Å². The third-order valence-electron chi connectivity index (χ3n) is 1.88. The zero-order valence-electron chi connectivity index (χ0n) is 7.19. The molecule has 0 aliphatic rings. The van der Waals surface area contributed by atoms with Gasteiger partial charge in [-0.05, 0) is 11.4 Å². The van der Waals surface area contributed by atoms with Gasteiger partial charge >= 0.3 is 0 Å². The van der Waals surface area contributed by atoms with E-state index in [1.54, 1.807) is 23.1 Å². The summed E-state index contributed by atoms with van der Waals surface area (Å²) in [4.78, 5) is 1.05. The van der Waals surface area contributed by atoms with Crippen LogP contribution in [-0.2, 0) is 7.05 Å². The van der Waals surface area contributed by atoms with Crippen molar-refractivity contribution >= 4 is 22.8 Å². The zero-order chi connectivity index (χ0) is 9.42.